The van der Waals surface area contributed by atoms with Crippen LogP contribution in [0.1, 0.15) is 6.92 Å². The van der Waals surface area contributed by atoms with Crippen LogP contribution in [-0.4, -0.2) is 32.0 Å². The molecule has 0 aliphatic heterocycles. The molecule has 0 spiro atoms. The van der Waals surface area contributed by atoms with E-state index >= 15 is 0 Å². The van der Waals surface area contributed by atoms with E-state index in [1.165, 1.54) is 0 Å². The van der Waals surface area contributed by atoms with Crippen LogP contribution in [0.2, 0.25) is 0 Å². The van der Waals surface area contributed by atoms with Crippen molar-refractivity contribution in [1.29, 1.82) is 0 Å². The Hall–Kier alpha value is 0.477. The second-order valence-electron chi connectivity index (χ2n) is 1.01. The van der Waals surface area contributed by atoms with Crippen molar-refractivity contribution < 1.29 is 33.8 Å². The second kappa shape index (κ2) is 23.6. The normalized spacial score (nSPS) is 6.67. The summed E-state index contributed by atoms with van der Waals surface area (Å²) in [5.41, 5.74) is 0. The fraction of sp³-hybridized carbons (Fsp3) is 1.00. The van der Waals surface area contributed by atoms with Gasteiger partial charge in [-0.25, -0.2) is 0 Å². The molecule has 0 rings (SSSR count). The van der Waals surface area contributed by atoms with Gasteiger partial charge in [-0.05, 0) is 0 Å². The molecule has 0 aliphatic carbocycles. The van der Waals surface area contributed by atoms with Crippen LogP contribution in [0.5, 0.6) is 0 Å². The quantitative estimate of drug-likeness (QED) is 0.385. The fourth-order valence-electron chi connectivity index (χ4n) is 0.0913. The van der Waals surface area contributed by atoms with Gasteiger partial charge in [0.2, 0.25) is 0 Å². The van der Waals surface area contributed by atoms with Crippen molar-refractivity contribution in [3.63, 3.8) is 0 Å². The summed E-state index contributed by atoms with van der Waals surface area (Å²) < 4.78 is 4.44. The molecular formula is C5H13LiO3. The van der Waals surface area contributed by atoms with Gasteiger partial charge in [0.25, 0.3) is 0 Å². The molecule has 0 saturated heterocycles. The first-order valence-corrected chi connectivity index (χ1v) is 2.51. The summed E-state index contributed by atoms with van der Waals surface area (Å²) in [5, 5.41) is 16.9. The van der Waals surface area contributed by atoms with Gasteiger partial charge in [-0.15, -0.1) is 6.61 Å². The smallest absolute Gasteiger partial charge is 0.855 e. The third-order valence-electron chi connectivity index (χ3n) is 0.295. The minimum absolute atomic E-state index is 0. The van der Waals surface area contributed by atoms with E-state index in [0.29, 0.717) is 6.61 Å². The van der Waals surface area contributed by atoms with E-state index in [0.717, 1.165) is 0 Å². The van der Waals surface area contributed by atoms with Gasteiger partial charge in [-0.3, -0.25) is 0 Å². The monoisotopic (exact) mass is 128 g/mol. The average molecular weight is 128 g/mol. The molecule has 0 amide bonds. The molecule has 4 heteroatoms. The van der Waals surface area contributed by atoms with E-state index in [-0.39, 0.29) is 32.1 Å². The zero-order valence-electron chi connectivity index (χ0n) is 6.39. The molecule has 0 aromatic carbocycles. The van der Waals surface area contributed by atoms with E-state index in [1.54, 1.807) is 14.0 Å². The molecule has 0 aromatic heterocycles. The SMILES string of the molecule is CC[O-].COCCO.[Li+]. The molecule has 0 saturated carbocycles. The van der Waals surface area contributed by atoms with Crippen molar-refractivity contribution in [3.05, 3.63) is 0 Å². The molecule has 0 unspecified atom stereocenters. The number of rotatable bonds is 2. The number of hydrogen-bond acceptors (Lipinski definition) is 3. The van der Waals surface area contributed by atoms with Gasteiger partial charge < -0.3 is 14.9 Å². The Morgan fingerprint density at radius 2 is 1.89 bits per heavy atom. The standard InChI is InChI=1S/C3H8O2.C2H5O.Li/c1-5-3-2-4;1-2-3;/h4H,2-3H2,1H3;2H2,1H3;/q;-1;+1. The van der Waals surface area contributed by atoms with Gasteiger partial charge in [0, 0.05) is 7.11 Å². The first-order chi connectivity index (χ1) is 3.83. The van der Waals surface area contributed by atoms with Crippen LogP contribution in [0.4, 0.5) is 0 Å². The maximum atomic E-state index is 8.93. The summed E-state index contributed by atoms with van der Waals surface area (Å²) in [6.07, 6.45) is 0. The average Bonchev–Trinajstić information content (AvgIpc) is 1.71. The van der Waals surface area contributed by atoms with Gasteiger partial charge in [0.1, 0.15) is 0 Å². The Morgan fingerprint density at radius 3 is 1.89 bits per heavy atom. The predicted molar refractivity (Wildman–Crippen MR) is 29.5 cm³/mol. The fourth-order valence-corrected chi connectivity index (χ4v) is 0.0913. The summed E-state index contributed by atoms with van der Waals surface area (Å²) >= 11 is 0. The van der Waals surface area contributed by atoms with Crippen LogP contribution in [0, 0.1) is 0 Å². The topological polar surface area (TPSA) is 52.5 Å². The molecule has 0 aromatic rings. The number of hydrogen-bond donors (Lipinski definition) is 1. The third kappa shape index (κ3) is 58.0. The van der Waals surface area contributed by atoms with Crippen molar-refractivity contribution in [2.45, 2.75) is 6.92 Å². The Labute approximate surface area is 68.2 Å². The summed E-state index contributed by atoms with van der Waals surface area (Å²) in [6, 6.07) is 0. The van der Waals surface area contributed by atoms with Crippen LogP contribution in [0.15, 0.2) is 0 Å². The van der Waals surface area contributed by atoms with E-state index in [1.807, 2.05) is 0 Å². The Balaban J connectivity index is -0.0000000800. The Bertz CT molecular complexity index is 26.2. The first-order valence-electron chi connectivity index (χ1n) is 2.51. The molecule has 0 atom stereocenters. The van der Waals surface area contributed by atoms with Crippen molar-refractivity contribution in [2.75, 3.05) is 26.9 Å². The Kier molecular flexibility index (Phi) is 42.6. The van der Waals surface area contributed by atoms with Gasteiger partial charge in [-0.2, -0.15) is 0 Å². The van der Waals surface area contributed by atoms with E-state index < -0.39 is 0 Å². The molecule has 0 bridgehead atoms. The summed E-state index contributed by atoms with van der Waals surface area (Å²) in [5.74, 6) is 0. The zero-order chi connectivity index (χ0) is 6.83. The number of ether oxygens (including phenoxy) is 1. The van der Waals surface area contributed by atoms with Crippen molar-refractivity contribution in [2.24, 2.45) is 0 Å². The molecule has 0 aliphatic rings. The van der Waals surface area contributed by atoms with Gasteiger partial charge in [0.05, 0.1) is 13.2 Å². The van der Waals surface area contributed by atoms with Crippen LogP contribution in [-0.2, 0) is 4.74 Å². The largest absolute Gasteiger partial charge is 1.00 e. The second-order valence-corrected chi connectivity index (χ2v) is 1.01. The predicted octanol–water partition coefficient (Wildman–Crippen LogP) is -4.00. The van der Waals surface area contributed by atoms with E-state index in [2.05, 4.69) is 4.74 Å². The third-order valence-corrected chi connectivity index (χ3v) is 0.295. The number of methoxy groups -OCH3 is 1. The van der Waals surface area contributed by atoms with Gasteiger partial charge in [0.15, 0.2) is 0 Å². The summed E-state index contributed by atoms with van der Waals surface area (Å²) in [7, 11) is 1.55. The van der Waals surface area contributed by atoms with Crippen LogP contribution in [0.3, 0.4) is 0 Å². The maximum Gasteiger partial charge on any atom is 1.00 e. The number of aliphatic hydroxyl groups excluding tert-OH is 1. The zero-order valence-corrected chi connectivity index (χ0v) is 6.39. The molecular weight excluding hydrogens is 115 g/mol. The van der Waals surface area contributed by atoms with Gasteiger partial charge >= 0.3 is 18.9 Å². The molecule has 0 radical (unpaired) electrons. The number of aliphatic hydroxyl groups is 1. The minimum atomic E-state index is 0. The van der Waals surface area contributed by atoms with Crippen LogP contribution in [0.25, 0.3) is 0 Å². The summed E-state index contributed by atoms with van der Waals surface area (Å²) in [4.78, 5) is 0. The van der Waals surface area contributed by atoms with E-state index in [9.17, 15) is 0 Å². The van der Waals surface area contributed by atoms with Crippen LogP contribution >= 0.6 is 0 Å². The van der Waals surface area contributed by atoms with Crippen molar-refractivity contribution in [3.8, 4) is 0 Å². The first kappa shape index (κ1) is 16.2. The molecule has 1 N–H and O–H groups in total. The molecule has 9 heavy (non-hydrogen) atoms. The molecule has 52 valence electrons. The summed E-state index contributed by atoms with van der Waals surface area (Å²) in [6.45, 7) is 2.14. The van der Waals surface area contributed by atoms with Crippen LogP contribution < -0.4 is 24.0 Å². The Morgan fingerprint density at radius 1 is 1.56 bits per heavy atom. The van der Waals surface area contributed by atoms with Crippen molar-refractivity contribution in [1.82, 2.24) is 0 Å². The molecule has 3 nitrogen and oxygen atoms in total. The maximum absolute atomic E-state index is 8.93. The molecule has 0 heterocycles. The van der Waals surface area contributed by atoms with Crippen molar-refractivity contribution >= 4 is 0 Å². The van der Waals surface area contributed by atoms with Gasteiger partial charge in [-0.1, -0.05) is 6.92 Å². The van der Waals surface area contributed by atoms with E-state index in [4.69, 9.17) is 10.2 Å². The molecule has 0 fully saturated rings. The minimum Gasteiger partial charge on any atom is -0.855 e.